The number of halogens is 3. The Labute approximate surface area is 105 Å². The van der Waals surface area contributed by atoms with E-state index in [1.807, 2.05) is 13.8 Å². The summed E-state index contributed by atoms with van der Waals surface area (Å²) >= 11 is 0. The lowest BCUT2D eigenvalue weighted by molar-refractivity contribution is 0.0322. The standard InChI is InChI=1S/C13H18F3NO/c1-3-13(18,4-2)8-17-7-9-5-11(15)12(16)6-10(9)14/h5-6,17-18H,3-4,7-8H2,1-2H3. The molecule has 0 amide bonds. The first-order valence-corrected chi connectivity index (χ1v) is 5.98. The molecule has 2 N–H and O–H groups in total. The van der Waals surface area contributed by atoms with Gasteiger partial charge in [0.2, 0.25) is 0 Å². The van der Waals surface area contributed by atoms with Crippen molar-refractivity contribution in [3.8, 4) is 0 Å². The number of rotatable bonds is 6. The molecule has 1 aromatic rings. The summed E-state index contributed by atoms with van der Waals surface area (Å²) in [5.74, 6) is -3.07. The Morgan fingerprint density at radius 3 is 2.17 bits per heavy atom. The molecule has 0 aromatic heterocycles. The monoisotopic (exact) mass is 261 g/mol. The summed E-state index contributed by atoms with van der Waals surface area (Å²) in [5.41, 5.74) is -0.807. The van der Waals surface area contributed by atoms with Crippen molar-refractivity contribution in [1.29, 1.82) is 0 Å². The number of nitrogens with one attached hydrogen (secondary N) is 1. The maximum absolute atomic E-state index is 13.3. The molecule has 0 fully saturated rings. The highest BCUT2D eigenvalue weighted by atomic mass is 19.2. The van der Waals surface area contributed by atoms with Gasteiger partial charge in [0, 0.05) is 24.7 Å². The van der Waals surface area contributed by atoms with E-state index >= 15 is 0 Å². The summed E-state index contributed by atoms with van der Waals surface area (Å²) in [6.07, 6.45) is 1.13. The van der Waals surface area contributed by atoms with Crippen molar-refractivity contribution < 1.29 is 18.3 Å². The lowest BCUT2D eigenvalue weighted by Crippen LogP contribution is -2.39. The van der Waals surface area contributed by atoms with Crippen molar-refractivity contribution in [3.05, 3.63) is 35.1 Å². The SMILES string of the molecule is CCC(O)(CC)CNCc1cc(F)c(F)cc1F. The van der Waals surface area contributed by atoms with E-state index < -0.39 is 23.1 Å². The summed E-state index contributed by atoms with van der Waals surface area (Å²) in [5, 5.41) is 12.8. The van der Waals surface area contributed by atoms with Gasteiger partial charge >= 0.3 is 0 Å². The van der Waals surface area contributed by atoms with Gasteiger partial charge in [0.25, 0.3) is 0 Å². The zero-order valence-corrected chi connectivity index (χ0v) is 10.6. The van der Waals surface area contributed by atoms with Crippen molar-refractivity contribution >= 4 is 0 Å². The minimum atomic E-state index is -1.20. The minimum absolute atomic E-state index is 0.0449. The molecule has 1 rings (SSSR count). The normalized spacial score (nSPS) is 11.9. The van der Waals surface area contributed by atoms with E-state index in [1.165, 1.54) is 0 Å². The van der Waals surface area contributed by atoms with Crippen molar-refractivity contribution in [3.63, 3.8) is 0 Å². The Bertz CT molecular complexity index is 405. The van der Waals surface area contributed by atoms with Gasteiger partial charge in [-0.05, 0) is 18.9 Å². The molecular weight excluding hydrogens is 243 g/mol. The molecule has 0 saturated carbocycles. The van der Waals surface area contributed by atoms with Crippen molar-refractivity contribution in [2.45, 2.75) is 38.8 Å². The molecule has 0 radical (unpaired) electrons. The second-order valence-corrected chi connectivity index (χ2v) is 4.39. The molecule has 0 aliphatic heterocycles. The van der Waals surface area contributed by atoms with Gasteiger partial charge in [-0.2, -0.15) is 0 Å². The van der Waals surface area contributed by atoms with E-state index in [1.54, 1.807) is 0 Å². The molecule has 1 aromatic carbocycles. The van der Waals surface area contributed by atoms with Crippen LogP contribution in [-0.2, 0) is 6.54 Å². The second-order valence-electron chi connectivity index (χ2n) is 4.39. The van der Waals surface area contributed by atoms with Crippen LogP contribution < -0.4 is 5.32 Å². The van der Waals surface area contributed by atoms with Gasteiger partial charge in [0.1, 0.15) is 5.82 Å². The summed E-state index contributed by atoms with van der Waals surface area (Å²) in [4.78, 5) is 0. The van der Waals surface area contributed by atoms with E-state index in [-0.39, 0.29) is 18.7 Å². The summed E-state index contributed by atoms with van der Waals surface area (Å²) in [7, 11) is 0. The topological polar surface area (TPSA) is 32.3 Å². The Kier molecular flexibility index (Phi) is 5.16. The van der Waals surface area contributed by atoms with E-state index in [0.717, 1.165) is 6.07 Å². The molecule has 0 aliphatic rings. The lowest BCUT2D eigenvalue weighted by atomic mass is 9.97. The quantitative estimate of drug-likeness (QED) is 0.772. The van der Waals surface area contributed by atoms with Crippen LogP contribution in [0.4, 0.5) is 13.2 Å². The molecule has 102 valence electrons. The van der Waals surface area contributed by atoms with Crippen molar-refractivity contribution in [2.24, 2.45) is 0 Å². The number of hydrogen-bond donors (Lipinski definition) is 2. The first-order valence-electron chi connectivity index (χ1n) is 5.98. The average Bonchev–Trinajstić information content (AvgIpc) is 2.35. The maximum Gasteiger partial charge on any atom is 0.161 e. The van der Waals surface area contributed by atoms with Crippen LogP contribution in [0.25, 0.3) is 0 Å². The summed E-state index contributed by atoms with van der Waals surface area (Å²) in [6, 6.07) is 1.35. The van der Waals surface area contributed by atoms with E-state index in [2.05, 4.69) is 5.32 Å². The molecule has 5 heteroatoms. The summed E-state index contributed by atoms with van der Waals surface area (Å²) < 4.78 is 38.9. The molecule has 0 unspecified atom stereocenters. The number of hydrogen-bond acceptors (Lipinski definition) is 2. The zero-order valence-electron chi connectivity index (χ0n) is 10.6. The highest BCUT2D eigenvalue weighted by Gasteiger charge is 2.21. The Morgan fingerprint density at radius 1 is 1.06 bits per heavy atom. The predicted octanol–water partition coefficient (Wildman–Crippen LogP) is 2.74. The fourth-order valence-electron chi connectivity index (χ4n) is 1.63. The molecule has 18 heavy (non-hydrogen) atoms. The Hall–Kier alpha value is -1.07. The van der Waals surface area contributed by atoms with E-state index in [4.69, 9.17) is 0 Å². The van der Waals surface area contributed by atoms with Crippen LogP contribution >= 0.6 is 0 Å². The third-order valence-electron chi connectivity index (χ3n) is 3.18. The second kappa shape index (κ2) is 6.20. The first-order chi connectivity index (χ1) is 8.41. The largest absolute Gasteiger partial charge is 0.389 e. The van der Waals surface area contributed by atoms with E-state index in [9.17, 15) is 18.3 Å². The van der Waals surface area contributed by atoms with Crippen LogP contribution in [0, 0.1) is 17.5 Å². The maximum atomic E-state index is 13.3. The van der Waals surface area contributed by atoms with Crippen LogP contribution in [0.3, 0.4) is 0 Å². The van der Waals surface area contributed by atoms with Gasteiger partial charge in [0.05, 0.1) is 5.60 Å². The van der Waals surface area contributed by atoms with Crippen molar-refractivity contribution in [2.75, 3.05) is 6.54 Å². The van der Waals surface area contributed by atoms with Crippen LogP contribution in [0.1, 0.15) is 32.3 Å². The van der Waals surface area contributed by atoms with Gasteiger partial charge in [-0.25, -0.2) is 13.2 Å². The Balaban J connectivity index is 2.62. The van der Waals surface area contributed by atoms with Crippen LogP contribution in [0.15, 0.2) is 12.1 Å². The molecule has 0 bridgehead atoms. The molecule has 0 saturated heterocycles. The first kappa shape index (κ1) is 15.0. The molecule has 2 nitrogen and oxygen atoms in total. The minimum Gasteiger partial charge on any atom is -0.389 e. The lowest BCUT2D eigenvalue weighted by Gasteiger charge is -2.25. The van der Waals surface area contributed by atoms with Gasteiger partial charge in [-0.1, -0.05) is 13.8 Å². The highest BCUT2D eigenvalue weighted by Crippen LogP contribution is 2.15. The third kappa shape index (κ3) is 3.71. The molecule has 0 atom stereocenters. The zero-order chi connectivity index (χ0) is 13.8. The molecule has 0 heterocycles. The van der Waals surface area contributed by atoms with Gasteiger partial charge < -0.3 is 10.4 Å². The molecule has 0 spiro atoms. The van der Waals surface area contributed by atoms with Gasteiger partial charge in [-0.3, -0.25) is 0 Å². The average molecular weight is 261 g/mol. The molecular formula is C13H18F3NO. The Morgan fingerprint density at radius 2 is 1.61 bits per heavy atom. The predicted molar refractivity (Wildman–Crippen MR) is 63.6 cm³/mol. The number of aliphatic hydroxyl groups is 1. The fourth-order valence-corrected chi connectivity index (χ4v) is 1.63. The molecule has 0 aliphatic carbocycles. The third-order valence-corrected chi connectivity index (χ3v) is 3.18. The van der Waals surface area contributed by atoms with Crippen LogP contribution in [0.2, 0.25) is 0 Å². The number of benzene rings is 1. The highest BCUT2D eigenvalue weighted by molar-refractivity contribution is 5.19. The summed E-state index contributed by atoms with van der Waals surface area (Å²) in [6.45, 7) is 4.02. The van der Waals surface area contributed by atoms with Gasteiger partial charge in [0.15, 0.2) is 11.6 Å². The van der Waals surface area contributed by atoms with E-state index in [0.29, 0.717) is 18.9 Å². The fraction of sp³-hybridized carbons (Fsp3) is 0.538. The smallest absolute Gasteiger partial charge is 0.161 e. The van der Waals surface area contributed by atoms with Crippen LogP contribution in [0.5, 0.6) is 0 Å². The van der Waals surface area contributed by atoms with Crippen molar-refractivity contribution in [1.82, 2.24) is 5.32 Å². The van der Waals surface area contributed by atoms with Gasteiger partial charge in [-0.15, -0.1) is 0 Å². The van der Waals surface area contributed by atoms with Crippen LogP contribution in [-0.4, -0.2) is 17.3 Å².